The molecule has 1 aliphatic heterocycles. The molecule has 1 aliphatic carbocycles. The van der Waals surface area contributed by atoms with Crippen LogP contribution in [0.5, 0.6) is 0 Å². The number of nitrogens with zero attached hydrogens (tertiary/aromatic N) is 3. The van der Waals surface area contributed by atoms with Crippen LogP contribution in [0.15, 0.2) is 12.4 Å². The van der Waals surface area contributed by atoms with E-state index in [1.807, 2.05) is 13.0 Å². The first-order valence-corrected chi connectivity index (χ1v) is 9.64. The highest BCUT2D eigenvalue weighted by atomic mass is 32.2. The predicted octanol–water partition coefficient (Wildman–Crippen LogP) is 1.62. The molecule has 0 aromatic carbocycles. The van der Waals surface area contributed by atoms with Crippen molar-refractivity contribution >= 4 is 15.8 Å². The normalized spacial score (nSPS) is 23.9. The molecule has 0 amide bonds. The van der Waals surface area contributed by atoms with E-state index in [4.69, 9.17) is 0 Å². The van der Waals surface area contributed by atoms with Gasteiger partial charge < -0.3 is 4.90 Å². The molecule has 7 heteroatoms. The maximum atomic E-state index is 12.6. The Morgan fingerprint density at radius 1 is 1.18 bits per heavy atom. The molecule has 0 unspecified atom stereocenters. The van der Waals surface area contributed by atoms with Gasteiger partial charge in [0.2, 0.25) is 10.0 Å². The number of aromatic nitrogens is 2. The van der Waals surface area contributed by atoms with E-state index in [2.05, 4.69) is 19.6 Å². The third-order valence-corrected chi connectivity index (χ3v) is 6.54. The Hall–Kier alpha value is -1.21. The minimum Gasteiger partial charge on any atom is -0.355 e. The van der Waals surface area contributed by atoms with E-state index in [1.165, 1.54) is 0 Å². The lowest BCUT2D eigenvalue weighted by atomic mass is 10.1. The van der Waals surface area contributed by atoms with E-state index in [9.17, 15) is 8.42 Å². The van der Waals surface area contributed by atoms with Crippen LogP contribution in [-0.4, -0.2) is 42.8 Å². The molecule has 0 radical (unpaired) electrons. The maximum absolute atomic E-state index is 12.6. The molecule has 1 aromatic rings. The molecule has 0 spiro atoms. The molecule has 6 nitrogen and oxygen atoms in total. The first-order valence-electron chi connectivity index (χ1n) is 8.09. The van der Waals surface area contributed by atoms with Crippen molar-refractivity contribution < 1.29 is 8.42 Å². The third kappa shape index (κ3) is 3.57. The molecule has 122 valence electrons. The van der Waals surface area contributed by atoms with Gasteiger partial charge in [0.15, 0.2) is 0 Å². The van der Waals surface area contributed by atoms with Gasteiger partial charge in [-0.25, -0.2) is 23.1 Å². The molecule has 2 fully saturated rings. The van der Waals surface area contributed by atoms with Crippen molar-refractivity contribution in [3.63, 3.8) is 0 Å². The van der Waals surface area contributed by atoms with Gasteiger partial charge in [-0.1, -0.05) is 12.8 Å². The van der Waals surface area contributed by atoms with Crippen LogP contribution in [0.3, 0.4) is 0 Å². The Bertz CT molecular complexity index is 614. The van der Waals surface area contributed by atoms with Crippen molar-refractivity contribution in [2.24, 2.45) is 0 Å². The Balaban J connectivity index is 1.69. The maximum Gasteiger partial charge on any atom is 0.216 e. The zero-order valence-electron chi connectivity index (χ0n) is 13.0. The number of nitrogens with one attached hydrogen (secondary N) is 1. The van der Waals surface area contributed by atoms with E-state index in [1.54, 1.807) is 6.33 Å². The minimum atomic E-state index is -3.25. The molecule has 1 atom stereocenters. The Morgan fingerprint density at radius 2 is 1.95 bits per heavy atom. The number of rotatable bonds is 4. The summed E-state index contributed by atoms with van der Waals surface area (Å²) in [5, 5.41) is -0.350. The van der Waals surface area contributed by atoms with Crippen LogP contribution in [0.1, 0.15) is 44.2 Å². The minimum absolute atomic E-state index is 0.140. The monoisotopic (exact) mass is 324 g/mol. The summed E-state index contributed by atoms with van der Waals surface area (Å²) < 4.78 is 28.2. The fourth-order valence-electron chi connectivity index (χ4n) is 3.39. The van der Waals surface area contributed by atoms with E-state index < -0.39 is 10.0 Å². The van der Waals surface area contributed by atoms with Crippen molar-refractivity contribution in [2.45, 2.75) is 56.7 Å². The lowest BCUT2D eigenvalue weighted by Gasteiger charge is -2.33. The van der Waals surface area contributed by atoms with Crippen LogP contribution in [0.4, 0.5) is 5.82 Å². The second-order valence-corrected chi connectivity index (χ2v) is 8.36. The average Bonchev–Trinajstić information content (AvgIpc) is 3.00. The van der Waals surface area contributed by atoms with Gasteiger partial charge >= 0.3 is 0 Å². The number of hydrogen-bond acceptors (Lipinski definition) is 5. The van der Waals surface area contributed by atoms with Crippen LogP contribution in [-0.2, 0) is 10.0 Å². The SMILES string of the molecule is Cc1cc(N2CCC[C@H](S(=O)(=O)NC3CCCC3)C2)ncn1. The molecule has 1 saturated carbocycles. The standard InChI is InChI=1S/C15H24N4O2S/c1-12-9-15(17-11-16-12)19-8-4-7-14(10-19)22(20,21)18-13-5-2-3-6-13/h9,11,13-14,18H,2-8,10H2,1H3/t14-/m0/s1. The first-order chi connectivity index (χ1) is 10.5. The van der Waals surface area contributed by atoms with Gasteiger partial charge in [-0.3, -0.25) is 0 Å². The topological polar surface area (TPSA) is 75.2 Å². The van der Waals surface area contributed by atoms with Crippen LogP contribution < -0.4 is 9.62 Å². The van der Waals surface area contributed by atoms with Crippen LogP contribution in [0, 0.1) is 6.92 Å². The number of piperidine rings is 1. The number of sulfonamides is 1. The second-order valence-electron chi connectivity index (χ2n) is 6.37. The highest BCUT2D eigenvalue weighted by Gasteiger charge is 2.33. The van der Waals surface area contributed by atoms with Gasteiger partial charge in [-0.05, 0) is 32.6 Å². The Morgan fingerprint density at radius 3 is 2.68 bits per heavy atom. The average molecular weight is 324 g/mol. The molecule has 2 heterocycles. The van der Waals surface area contributed by atoms with Crippen LogP contribution >= 0.6 is 0 Å². The summed E-state index contributed by atoms with van der Waals surface area (Å²) in [4.78, 5) is 10.5. The third-order valence-electron chi connectivity index (χ3n) is 4.62. The lowest BCUT2D eigenvalue weighted by molar-refractivity contribution is 0.505. The smallest absolute Gasteiger partial charge is 0.216 e. The van der Waals surface area contributed by atoms with Gasteiger partial charge in [-0.15, -0.1) is 0 Å². The number of aryl methyl sites for hydroxylation is 1. The Kier molecular flexibility index (Phi) is 4.63. The summed E-state index contributed by atoms with van der Waals surface area (Å²) in [6.07, 6.45) is 7.34. The van der Waals surface area contributed by atoms with Crippen molar-refractivity contribution in [2.75, 3.05) is 18.0 Å². The molecule has 22 heavy (non-hydrogen) atoms. The van der Waals surface area contributed by atoms with E-state index in [0.717, 1.165) is 56.6 Å². The van der Waals surface area contributed by atoms with Gasteiger partial charge in [-0.2, -0.15) is 0 Å². The fourth-order valence-corrected chi connectivity index (χ4v) is 5.13. The highest BCUT2D eigenvalue weighted by Crippen LogP contribution is 2.24. The summed E-state index contributed by atoms with van der Waals surface area (Å²) >= 11 is 0. The van der Waals surface area contributed by atoms with Crippen LogP contribution in [0.2, 0.25) is 0 Å². The van der Waals surface area contributed by atoms with Crippen molar-refractivity contribution in [1.82, 2.24) is 14.7 Å². The van der Waals surface area contributed by atoms with Gasteiger partial charge in [0, 0.05) is 30.9 Å². The molecule has 1 saturated heterocycles. The summed E-state index contributed by atoms with van der Waals surface area (Å²) in [5.74, 6) is 0.827. The zero-order valence-corrected chi connectivity index (χ0v) is 13.8. The van der Waals surface area contributed by atoms with Gasteiger partial charge in [0.25, 0.3) is 0 Å². The van der Waals surface area contributed by atoms with Crippen molar-refractivity contribution in [3.8, 4) is 0 Å². The number of hydrogen-bond donors (Lipinski definition) is 1. The van der Waals surface area contributed by atoms with E-state index in [0.29, 0.717) is 6.54 Å². The molecular formula is C15H24N4O2S. The molecular weight excluding hydrogens is 300 g/mol. The second kappa shape index (κ2) is 6.50. The summed E-state index contributed by atoms with van der Waals surface area (Å²) in [6.45, 7) is 3.29. The molecule has 1 aromatic heterocycles. The molecule has 2 aliphatic rings. The van der Waals surface area contributed by atoms with E-state index >= 15 is 0 Å². The van der Waals surface area contributed by atoms with Gasteiger partial charge in [0.1, 0.15) is 12.1 Å². The van der Waals surface area contributed by atoms with Crippen molar-refractivity contribution in [3.05, 3.63) is 18.1 Å². The largest absolute Gasteiger partial charge is 0.355 e. The summed E-state index contributed by atoms with van der Waals surface area (Å²) in [7, 11) is -3.25. The summed E-state index contributed by atoms with van der Waals surface area (Å²) in [5.41, 5.74) is 0.902. The molecule has 3 rings (SSSR count). The molecule has 0 bridgehead atoms. The quantitative estimate of drug-likeness (QED) is 0.911. The number of anilines is 1. The van der Waals surface area contributed by atoms with Crippen LogP contribution in [0.25, 0.3) is 0 Å². The predicted molar refractivity (Wildman–Crippen MR) is 86.3 cm³/mol. The first kappa shape index (κ1) is 15.7. The van der Waals surface area contributed by atoms with E-state index in [-0.39, 0.29) is 11.3 Å². The molecule has 1 N–H and O–H groups in total. The van der Waals surface area contributed by atoms with Gasteiger partial charge in [0.05, 0.1) is 5.25 Å². The summed E-state index contributed by atoms with van der Waals surface area (Å²) in [6, 6.07) is 2.06. The Labute approximate surface area is 132 Å². The lowest BCUT2D eigenvalue weighted by Crippen LogP contribution is -2.48. The zero-order chi connectivity index (χ0) is 15.6. The van der Waals surface area contributed by atoms with Crippen molar-refractivity contribution in [1.29, 1.82) is 0 Å². The fraction of sp³-hybridized carbons (Fsp3) is 0.733. The highest BCUT2D eigenvalue weighted by molar-refractivity contribution is 7.90.